The fourth-order valence-corrected chi connectivity index (χ4v) is 4.35. The van der Waals surface area contributed by atoms with E-state index in [1.807, 2.05) is 31.3 Å². The van der Waals surface area contributed by atoms with Gasteiger partial charge in [0.2, 0.25) is 0 Å². The Morgan fingerprint density at radius 2 is 2.12 bits per heavy atom. The molecular weight excluding hydrogens is 428 g/mol. The van der Waals surface area contributed by atoms with Crippen molar-refractivity contribution in [1.82, 2.24) is 10.2 Å². The number of nitrogens with zero attached hydrogens (tertiary/aromatic N) is 1. The van der Waals surface area contributed by atoms with Gasteiger partial charge in [0.1, 0.15) is 5.54 Å². The van der Waals surface area contributed by atoms with Crippen LogP contribution in [0.4, 0.5) is 4.79 Å². The van der Waals surface area contributed by atoms with E-state index in [9.17, 15) is 9.59 Å². The molecule has 0 aromatic heterocycles. The highest BCUT2D eigenvalue weighted by Gasteiger charge is 2.46. The Morgan fingerprint density at radius 3 is 2.75 bits per heavy atom. The second-order valence-electron chi connectivity index (χ2n) is 10.0. The SMILES string of the molecule is C=C(CCN1C=C2C[C@@H](C)OCC2(c2ccc(CCC(C)(C)C)c(Cl)c2)NC1=O)C(=O)O. The zero-order chi connectivity index (χ0) is 23.7. The fraction of sp³-hybridized carbons (Fsp3) is 0.520. The Labute approximate surface area is 195 Å². The maximum atomic E-state index is 13.0. The van der Waals surface area contributed by atoms with E-state index in [1.165, 1.54) is 4.90 Å². The topological polar surface area (TPSA) is 78.9 Å². The third kappa shape index (κ3) is 5.36. The van der Waals surface area contributed by atoms with E-state index in [-0.39, 0.29) is 36.1 Å². The van der Waals surface area contributed by atoms with Crippen LogP contribution in [0.3, 0.4) is 0 Å². The van der Waals surface area contributed by atoms with Crippen molar-refractivity contribution in [3.8, 4) is 0 Å². The van der Waals surface area contributed by atoms with E-state index in [2.05, 4.69) is 32.7 Å². The lowest BCUT2D eigenvalue weighted by Gasteiger charge is -2.47. The van der Waals surface area contributed by atoms with E-state index < -0.39 is 11.5 Å². The highest BCUT2D eigenvalue weighted by Crippen LogP contribution is 2.41. The molecule has 0 saturated carbocycles. The Balaban J connectivity index is 1.89. The first-order chi connectivity index (χ1) is 14.9. The number of aryl methyl sites for hydroxylation is 1. The van der Waals surface area contributed by atoms with Gasteiger partial charge in [-0.15, -0.1) is 0 Å². The molecule has 2 aliphatic heterocycles. The van der Waals surface area contributed by atoms with Crippen molar-refractivity contribution in [1.29, 1.82) is 0 Å². The number of halogens is 1. The van der Waals surface area contributed by atoms with Crippen molar-refractivity contribution >= 4 is 23.6 Å². The van der Waals surface area contributed by atoms with Gasteiger partial charge in [-0.1, -0.05) is 51.1 Å². The Hall–Kier alpha value is -2.31. The lowest BCUT2D eigenvalue weighted by atomic mass is 9.77. The lowest BCUT2D eigenvalue weighted by Crippen LogP contribution is -2.60. The molecule has 6 nitrogen and oxygen atoms in total. The summed E-state index contributed by atoms with van der Waals surface area (Å²) in [5, 5.41) is 12.9. The Kier molecular flexibility index (Phi) is 7.06. The first-order valence-electron chi connectivity index (χ1n) is 11.0. The minimum atomic E-state index is -1.05. The molecule has 0 radical (unpaired) electrons. The molecule has 3 rings (SSSR count). The summed E-state index contributed by atoms with van der Waals surface area (Å²) in [4.78, 5) is 25.5. The summed E-state index contributed by atoms with van der Waals surface area (Å²) >= 11 is 6.66. The van der Waals surface area contributed by atoms with Gasteiger partial charge in [-0.25, -0.2) is 9.59 Å². The molecule has 1 saturated heterocycles. The molecular formula is C25H33ClN2O4. The van der Waals surface area contributed by atoms with Gasteiger partial charge >= 0.3 is 12.0 Å². The number of carboxylic acids is 1. The van der Waals surface area contributed by atoms with Crippen LogP contribution in [0.2, 0.25) is 5.02 Å². The number of carbonyl (C=O) groups excluding carboxylic acids is 1. The molecule has 7 heteroatoms. The highest BCUT2D eigenvalue weighted by molar-refractivity contribution is 6.31. The fourth-order valence-electron chi connectivity index (χ4n) is 4.08. The van der Waals surface area contributed by atoms with Crippen molar-refractivity contribution in [3.63, 3.8) is 0 Å². The smallest absolute Gasteiger partial charge is 0.331 e. The zero-order valence-corrected chi connectivity index (χ0v) is 20.1. The molecule has 32 heavy (non-hydrogen) atoms. The van der Waals surface area contributed by atoms with Crippen LogP contribution in [-0.2, 0) is 21.5 Å². The summed E-state index contributed by atoms with van der Waals surface area (Å²) in [6.07, 6.45) is 4.62. The molecule has 1 aromatic carbocycles. The summed E-state index contributed by atoms with van der Waals surface area (Å²) in [7, 11) is 0. The third-order valence-electron chi connectivity index (χ3n) is 6.18. The van der Waals surface area contributed by atoms with E-state index in [0.29, 0.717) is 18.1 Å². The number of aliphatic carboxylic acids is 1. The molecule has 2 N–H and O–H groups in total. The molecule has 174 valence electrons. The molecule has 2 atom stereocenters. The number of ether oxygens (including phenoxy) is 1. The van der Waals surface area contributed by atoms with Gasteiger partial charge in [0, 0.05) is 23.3 Å². The summed E-state index contributed by atoms with van der Waals surface area (Å²) in [5.74, 6) is -1.05. The molecule has 1 aromatic rings. The average molecular weight is 461 g/mol. The van der Waals surface area contributed by atoms with Crippen LogP contribution in [-0.4, -0.2) is 41.3 Å². The summed E-state index contributed by atoms with van der Waals surface area (Å²) in [5.41, 5.74) is 2.52. The maximum absolute atomic E-state index is 13.0. The van der Waals surface area contributed by atoms with E-state index in [4.69, 9.17) is 21.4 Å². The first kappa shape index (κ1) is 24.3. The number of nitrogens with one attached hydrogen (secondary N) is 1. The molecule has 2 aliphatic rings. The van der Waals surface area contributed by atoms with Gasteiger partial charge in [-0.05, 0) is 60.8 Å². The van der Waals surface area contributed by atoms with Crippen LogP contribution >= 0.6 is 11.6 Å². The quantitative estimate of drug-likeness (QED) is 0.544. The first-order valence-corrected chi connectivity index (χ1v) is 11.4. The average Bonchev–Trinajstić information content (AvgIpc) is 2.70. The number of hydrogen-bond acceptors (Lipinski definition) is 3. The maximum Gasteiger partial charge on any atom is 0.331 e. The number of benzene rings is 1. The van der Waals surface area contributed by atoms with Gasteiger partial charge in [0.25, 0.3) is 0 Å². The van der Waals surface area contributed by atoms with Crippen LogP contribution in [0.5, 0.6) is 0 Å². The van der Waals surface area contributed by atoms with Gasteiger partial charge in [-0.3, -0.25) is 0 Å². The number of carboxylic acid groups (broad SMARTS) is 1. The minimum Gasteiger partial charge on any atom is -0.478 e. The normalized spacial score (nSPS) is 23.3. The van der Waals surface area contributed by atoms with Crippen LogP contribution < -0.4 is 5.32 Å². The van der Waals surface area contributed by atoms with Crippen LogP contribution in [0.1, 0.15) is 58.1 Å². The molecule has 2 heterocycles. The number of rotatable bonds is 7. The van der Waals surface area contributed by atoms with Gasteiger partial charge in [0.05, 0.1) is 12.7 Å². The lowest BCUT2D eigenvalue weighted by molar-refractivity contribution is -0.132. The van der Waals surface area contributed by atoms with E-state index in [1.54, 1.807) is 0 Å². The van der Waals surface area contributed by atoms with Crippen LogP contribution in [0, 0.1) is 5.41 Å². The predicted octanol–water partition coefficient (Wildman–Crippen LogP) is 5.26. The zero-order valence-electron chi connectivity index (χ0n) is 19.3. The van der Waals surface area contributed by atoms with E-state index in [0.717, 1.165) is 29.5 Å². The number of hydrogen-bond donors (Lipinski definition) is 2. The number of urea groups is 1. The second kappa shape index (κ2) is 9.28. The van der Waals surface area contributed by atoms with Gasteiger partial charge in [-0.2, -0.15) is 0 Å². The monoisotopic (exact) mass is 460 g/mol. The largest absolute Gasteiger partial charge is 0.478 e. The minimum absolute atomic E-state index is 0.0155. The summed E-state index contributed by atoms with van der Waals surface area (Å²) < 4.78 is 5.97. The van der Waals surface area contributed by atoms with Crippen molar-refractivity contribution in [3.05, 3.63) is 58.3 Å². The van der Waals surface area contributed by atoms with Gasteiger partial charge in [0.15, 0.2) is 0 Å². The molecule has 2 amide bonds. The van der Waals surface area contributed by atoms with Crippen molar-refractivity contribution < 1.29 is 19.4 Å². The van der Waals surface area contributed by atoms with Crippen molar-refractivity contribution in [2.75, 3.05) is 13.2 Å². The standard InChI is InChI=1S/C25H33ClN2O4/c1-16(22(29)30)9-11-28-14-20-12-17(2)32-15-25(20,27-23(28)31)19-7-6-18(21(26)13-19)8-10-24(3,4)5/h6-7,13-14,17H,1,8-12,15H2,2-5H3,(H,27,31)(H,29,30)/t17-,25?/m1/s1. The predicted molar refractivity (Wildman–Crippen MR) is 126 cm³/mol. The molecule has 0 spiro atoms. The number of fused-ring (bicyclic) bond motifs is 1. The van der Waals surface area contributed by atoms with Crippen LogP contribution in [0.25, 0.3) is 0 Å². The Morgan fingerprint density at radius 1 is 1.41 bits per heavy atom. The third-order valence-corrected chi connectivity index (χ3v) is 6.53. The summed E-state index contributed by atoms with van der Waals surface area (Å²) in [6.45, 7) is 12.7. The molecule has 0 aliphatic carbocycles. The van der Waals surface area contributed by atoms with Crippen molar-refractivity contribution in [2.24, 2.45) is 5.41 Å². The van der Waals surface area contributed by atoms with Crippen LogP contribution in [0.15, 0.2) is 42.1 Å². The molecule has 1 unspecified atom stereocenters. The Bertz CT molecular complexity index is 950. The van der Waals surface area contributed by atoms with Crippen molar-refractivity contribution in [2.45, 2.75) is 65.0 Å². The number of amides is 2. The molecule has 1 fully saturated rings. The molecule has 0 bridgehead atoms. The highest BCUT2D eigenvalue weighted by atomic mass is 35.5. The second-order valence-corrected chi connectivity index (χ2v) is 10.4. The number of carbonyl (C=O) groups is 2. The van der Waals surface area contributed by atoms with E-state index >= 15 is 0 Å². The van der Waals surface area contributed by atoms with Gasteiger partial charge < -0.3 is 20.1 Å². The summed E-state index contributed by atoms with van der Waals surface area (Å²) in [6, 6.07) is 5.72.